The third kappa shape index (κ3) is 5.08. The normalized spacial score (nSPS) is 14.5. The SMILES string of the molecule is c1ccc(-c2cccc(-c3nc(-c4ccccc4)nc(-c4ccc5c(c4)C4(c6ccccc6-c6ccccc6-5)c5ccccc5-c5c4ccc4sc6ccccc6c54)n3)c2)cc1. The van der Waals surface area contributed by atoms with Gasteiger partial charge in [-0.2, -0.15) is 0 Å². The van der Waals surface area contributed by atoms with Crippen molar-refractivity contribution in [2.75, 3.05) is 0 Å². The van der Waals surface area contributed by atoms with Gasteiger partial charge in [-0.3, -0.25) is 0 Å². The van der Waals surface area contributed by atoms with Gasteiger partial charge in [-0.25, -0.2) is 15.0 Å². The van der Waals surface area contributed by atoms with E-state index in [9.17, 15) is 0 Å². The van der Waals surface area contributed by atoms with E-state index in [1.165, 1.54) is 75.8 Å². The number of hydrogen-bond acceptors (Lipinski definition) is 4. The minimum Gasteiger partial charge on any atom is -0.208 e. The number of benzene rings is 9. The van der Waals surface area contributed by atoms with Crippen molar-refractivity contribution in [3.63, 3.8) is 0 Å². The van der Waals surface area contributed by atoms with Gasteiger partial charge in [-0.15, -0.1) is 11.3 Å². The molecular weight excluding hydrogens is 771 g/mol. The van der Waals surface area contributed by atoms with Gasteiger partial charge >= 0.3 is 0 Å². The van der Waals surface area contributed by atoms with Crippen LogP contribution in [-0.2, 0) is 5.41 Å². The lowest BCUT2D eigenvalue weighted by molar-refractivity contribution is 0.776. The third-order valence-corrected chi connectivity index (χ3v) is 14.1. The maximum absolute atomic E-state index is 5.35. The van der Waals surface area contributed by atoms with Gasteiger partial charge < -0.3 is 0 Å². The highest BCUT2D eigenvalue weighted by molar-refractivity contribution is 7.26. The molecule has 62 heavy (non-hydrogen) atoms. The Morgan fingerprint density at radius 1 is 0.306 bits per heavy atom. The maximum atomic E-state index is 5.35. The van der Waals surface area contributed by atoms with E-state index in [1.807, 2.05) is 35.6 Å². The van der Waals surface area contributed by atoms with Crippen molar-refractivity contribution in [3.8, 4) is 78.7 Å². The summed E-state index contributed by atoms with van der Waals surface area (Å²) in [5, 5.41) is 2.63. The molecule has 9 aromatic carbocycles. The monoisotopic (exact) mass is 805 g/mol. The first-order chi connectivity index (χ1) is 30.7. The van der Waals surface area contributed by atoms with E-state index in [0.29, 0.717) is 17.5 Å². The topological polar surface area (TPSA) is 38.7 Å². The van der Waals surface area contributed by atoms with Crippen LogP contribution in [0.25, 0.3) is 98.8 Å². The zero-order chi connectivity index (χ0) is 40.8. The lowest BCUT2D eigenvalue weighted by atomic mass is 9.65. The van der Waals surface area contributed by atoms with Crippen LogP contribution in [0, 0.1) is 0 Å². The molecule has 0 saturated carbocycles. The molecule has 2 aliphatic rings. The molecule has 0 aliphatic heterocycles. The Labute approximate surface area is 363 Å². The average Bonchev–Trinajstić information content (AvgIpc) is 3.85. The second kappa shape index (κ2) is 13.6. The fourth-order valence-electron chi connectivity index (χ4n) is 10.4. The Bertz CT molecular complexity index is 3590. The van der Waals surface area contributed by atoms with Crippen molar-refractivity contribution in [3.05, 3.63) is 235 Å². The number of thiophene rings is 1. The van der Waals surface area contributed by atoms with Crippen LogP contribution in [-0.4, -0.2) is 15.0 Å². The number of rotatable bonds is 4. The minimum atomic E-state index is -0.660. The smallest absolute Gasteiger partial charge is 0.164 e. The summed E-state index contributed by atoms with van der Waals surface area (Å²) in [7, 11) is 0. The predicted molar refractivity (Wildman–Crippen MR) is 256 cm³/mol. The fraction of sp³-hybridized carbons (Fsp3) is 0.0172. The van der Waals surface area contributed by atoms with Gasteiger partial charge in [-0.1, -0.05) is 188 Å². The van der Waals surface area contributed by atoms with Gasteiger partial charge in [0.25, 0.3) is 0 Å². The van der Waals surface area contributed by atoms with Gasteiger partial charge in [0.05, 0.1) is 5.41 Å². The first kappa shape index (κ1) is 35.0. The van der Waals surface area contributed by atoms with Gasteiger partial charge in [0.15, 0.2) is 17.5 Å². The number of aromatic nitrogens is 3. The number of nitrogens with zero attached hydrogens (tertiary/aromatic N) is 3. The molecule has 0 saturated heterocycles. The molecule has 1 atom stereocenters. The molecule has 13 rings (SSSR count). The van der Waals surface area contributed by atoms with Crippen molar-refractivity contribution >= 4 is 31.5 Å². The Kier molecular flexibility index (Phi) is 7.69. The van der Waals surface area contributed by atoms with Crippen molar-refractivity contribution in [2.45, 2.75) is 5.41 Å². The van der Waals surface area contributed by atoms with Gasteiger partial charge in [0.1, 0.15) is 0 Å². The molecule has 0 fully saturated rings. The van der Waals surface area contributed by atoms with E-state index in [4.69, 9.17) is 15.0 Å². The minimum absolute atomic E-state index is 0.633. The van der Waals surface area contributed by atoms with Gasteiger partial charge in [-0.05, 0) is 91.0 Å². The zero-order valence-electron chi connectivity index (χ0n) is 33.5. The highest BCUT2D eigenvalue weighted by atomic mass is 32.1. The Hall–Kier alpha value is -7.79. The van der Waals surface area contributed by atoms with E-state index in [2.05, 4.69) is 188 Å². The molecular formula is C58H35N3S. The molecule has 4 heteroatoms. The summed E-state index contributed by atoms with van der Waals surface area (Å²) in [6.07, 6.45) is 0. The van der Waals surface area contributed by atoms with Crippen LogP contribution >= 0.6 is 11.3 Å². The van der Waals surface area contributed by atoms with Crippen LogP contribution in [0.5, 0.6) is 0 Å². The van der Waals surface area contributed by atoms with Crippen LogP contribution in [0.4, 0.5) is 0 Å². The van der Waals surface area contributed by atoms with Crippen molar-refractivity contribution < 1.29 is 0 Å². The third-order valence-electron chi connectivity index (χ3n) is 13.0. The Morgan fingerprint density at radius 3 is 1.58 bits per heavy atom. The number of fused-ring (bicyclic) bond motifs is 16. The fourth-order valence-corrected chi connectivity index (χ4v) is 11.5. The molecule has 288 valence electrons. The Morgan fingerprint density at radius 2 is 0.839 bits per heavy atom. The molecule has 11 aromatic rings. The largest absolute Gasteiger partial charge is 0.208 e. The first-order valence-corrected chi connectivity index (χ1v) is 21.9. The summed E-state index contributed by atoms with van der Waals surface area (Å²) < 4.78 is 2.61. The van der Waals surface area contributed by atoms with Crippen LogP contribution in [0.15, 0.2) is 212 Å². The van der Waals surface area contributed by atoms with E-state index >= 15 is 0 Å². The van der Waals surface area contributed by atoms with E-state index in [-0.39, 0.29) is 0 Å². The molecule has 0 bridgehead atoms. The average molecular weight is 806 g/mol. The molecule has 3 nitrogen and oxygen atoms in total. The molecule has 2 aliphatic carbocycles. The second-order valence-corrected chi connectivity index (χ2v) is 17.3. The highest BCUT2D eigenvalue weighted by Gasteiger charge is 2.50. The molecule has 2 heterocycles. The lowest BCUT2D eigenvalue weighted by Gasteiger charge is -2.35. The van der Waals surface area contributed by atoms with Gasteiger partial charge in [0.2, 0.25) is 0 Å². The Balaban J connectivity index is 1.12. The standard InChI is InChI=1S/C58H35N3S/c1-3-16-36(17-4-1)38-20-15-21-39(34-38)56-59-55(37-18-5-2-6-19-37)60-57(61-56)40-30-31-44-42-23-8-7-22-41(42)43-24-9-12-27-47(43)58(50(44)35-40)48-28-13-10-25-45(48)53-49(58)32-33-52-54(53)46-26-11-14-29-51(46)62-52/h1-35H. The first-order valence-electron chi connectivity index (χ1n) is 21.1. The van der Waals surface area contributed by atoms with Crippen LogP contribution in [0.2, 0.25) is 0 Å². The predicted octanol–water partition coefficient (Wildman–Crippen LogP) is 14.9. The van der Waals surface area contributed by atoms with Gasteiger partial charge in [0, 0.05) is 36.9 Å². The summed E-state index contributed by atoms with van der Waals surface area (Å²) in [6.45, 7) is 0. The van der Waals surface area contributed by atoms with Crippen molar-refractivity contribution in [1.29, 1.82) is 0 Å². The summed E-state index contributed by atoms with van der Waals surface area (Å²) in [4.78, 5) is 15.8. The van der Waals surface area contributed by atoms with Crippen LogP contribution < -0.4 is 0 Å². The molecule has 0 amide bonds. The molecule has 1 unspecified atom stereocenters. The van der Waals surface area contributed by atoms with Crippen LogP contribution in [0.3, 0.4) is 0 Å². The van der Waals surface area contributed by atoms with Crippen molar-refractivity contribution in [1.82, 2.24) is 15.0 Å². The van der Waals surface area contributed by atoms with E-state index < -0.39 is 5.41 Å². The molecule has 2 aromatic heterocycles. The highest BCUT2D eigenvalue weighted by Crippen LogP contribution is 2.63. The summed E-state index contributed by atoms with van der Waals surface area (Å²) in [5.74, 6) is 1.91. The quantitative estimate of drug-likeness (QED) is 0.178. The van der Waals surface area contributed by atoms with Crippen molar-refractivity contribution in [2.24, 2.45) is 0 Å². The van der Waals surface area contributed by atoms with Crippen LogP contribution in [0.1, 0.15) is 22.3 Å². The maximum Gasteiger partial charge on any atom is 0.164 e. The lowest BCUT2D eigenvalue weighted by Crippen LogP contribution is -2.29. The molecule has 0 radical (unpaired) electrons. The van der Waals surface area contributed by atoms with E-state index in [1.54, 1.807) is 0 Å². The summed E-state index contributed by atoms with van der Waals surface area (Å²) in [6, 6.07) is 77.0. The second-order valence-electron chi connectivity index (χ2n) is 16.2. The zero-order valence-corrected chi connectivity index (χ0v) is 34.3. The molecule has 0 N–H and O–H groups in total. The number of hydrogen-bond donors (Lipinski definition) is 0. The van der Waals surface area contributed by atoms with E-state index in [0.717, 1.165) is 27.8 Å². The summed E-state index contributed by atoms with van der Waals surface area (Å²) >= 11 is 1.88. The molecule has 1 spiro atoms. The summed E-state index contributed by atoms with van der Waals surface area (Å²) in [5.41, 5.74) is 17.0.